The number of rotatable bonds is 4. The third-order valence-corrected chi connectivity index (χ3v) is 9.53. The van der Waals surface area contributed by atoms with Crippen molar-refractivity contribution in [2.75, 3.05) is 18.2 Å². The van der Waals surface area contributed by atoms with Gasteiger partial charge < -0.3 is 0 Å². The lowest BCUT2D eigenvalue weighted by atomic mass is 9.83. The number of benzene rings is 1. The summed E-state index contributed by atoms with van der Waals surface area (Å²) >= 11 is 0. The monoisotopic (exact) mass is 413 g/mol. The Bertz CT molecular complexity index is 879. The van der Waals surface area contributed by atoms with Crippen molar-refractivity contribution in [2.24, 2.45) is 10.8 Å². The average Bonchev–Trinajstić information content (AvgIpc) is 3.13. The highest BCUT2D eigenvalue weighted by Gasteiger charge is 2.46. The number of anilines is 1. The molecule has 0 radical (unpaired) electrons. The molecule has 1 fully saturated rings. The molecule has 3 rings (SSSR count). The van der Waals surface area contributed by atoms with Crippen molar-refractivity contribution in [3.8, 4) is 0 Å². The van der Waals surface area contributed by atoms with Crippen molar-refractivity contribution in [3.63, 3.8) is 0 Å². The highest BCUT2D eigenvalue weighted by Crippen LogP contribution is 2.60. The van der Waals surface area contributed by atoms with Crippen LogP contribution < -0.4 is 4.83 Å². The van der Waals surface area contributed by atoms with Gasteiger partial charge in [0.15, 0.2) is 0 Å². The van der Waals surface area contributed by atoms with Crippen molar-refractivity contribution in [3.05, 3.63) is 52.6 Å². The molecule has 3 heteroatoms. The average molecular weight is 414 g/mol. The van der Waals surface area contributed by atoms with Gasteiger partial charge in [-0.2, -0.15) is 0 Å². The smallest absolute Gasteiger partial charge is 0.0743 e. The Kier molecular flexibility index (Phi) is 5.55. The Morgan fingerprint density at radius 3 is 1.66 bits per heavy atom. The predicted octanol–water partition coefficient (Wildman–Crippen LogP) is 7.82. The third kappa shape index (κ3) is 3.68. The van der Waals surface area contributed by atoms with Gasteiger partial charge in [0.25, 0.3) is 0 Å². The molecule has 1 aromatic rings. The quantitative estimate of drug-likeness (QED) is 0.402. The maximum Gasteiger partial charge on any atom is 0.0743 e. The molecule has 0 aliphatic heterocycles. The first-order valence-electron chi connectivity index (χ1n) is 11.0. The van der Waals surface area contributed by atoms with Crippen molar-refractivity contribution < 1.29 is 5.21 Å². The van der Waals surface area contributed by atoms with Crippen molar-refractivity contribution in [1.82, 2.24) is 0 Å². The van der Waals surface area contributed by atoms with Crippen LogP contribution >= 0.6 is 7.04 Å². The molecule has 29 heavy (non-hydrogen) atoms. The van der Waals surface area contributed by atoms with E-state index in [2.05, 4.69) is 99.1 Å². The van der Waals surface area contributed by atoms with Gasteiger partial charge in [-0.05, 0) is 82.1 Å². The molecular formula is C26H40NOP. The molecule has 0 atom stereocenters. The van der Waals surface area contributed by atoms with Crippen LogP contribution in [0.1, 0.15) is 84.8 Å². The minimum Gasteiger partial charge on any atom is -0.285 e. The van der Waals surface area contributed by atoms with Crippen LogP contribution in [0.4, 0.5) is 5.69 Å². The molecule has 1 N–H and O–H groups in total. The summed E-state index contributed by atoms with van der Waals surface area (Å²) in [7, 11) is -1.95. The predicted molar refractivity (Wildman–Crippen MR) is 131 cm³/mol. The number of hydrogen-bond donors (Lipinski definition) is 1. The van der Waals surface area contributed by atoms with E-state index in [-0.39, 0.29) is 10.8 Å². The van der Waals surface area contributed by atoms with E-state index in [1.807, 2.05) is 0 Å². The molecule has 2 aliphatic carbocycles. The molecule has 0 saturated heterocycles. The Morgan fingerprint density at radius 2 is 1.28 bits per heavy atom. The Morgan fingerprint density at radius 1 is 0.862 bits per heavy atom. The SMILES string of the molecule is CC(C)c1cccc(C(C)C)c1N(O)P(C)(C)=C1C=C2C(=C1)C(C)(C)CC2(C)C. The largest absolute Gasteiger partial charge is 0.285 e. The molecule has 0 amide bonds. The van der Waals surface area contributed by atoms with Crippen LogP contribution in [-0.2, 0) is 0 Å². The van der Waals surface area contributed by atoms with E-state index < -0.39 is 7.04 Å². The zero-order chi connectivity index (χ0) is 21.9. The van der Waals surface area contributed by atoms with E-state index in [1.165, 1.54) is 34.0 Å². The summed E-state index contributed by atoms with van der Waals surface area (Å²) < 4.78 is 0. The maximum absolute atomic E-state index is 11.7. The second-order valence-corrected chi connectivity index (χ2v) is 14.9. The summed E-state index contributed by atoms with van der Waals surface area (Å²) in [6, 6.07) is 6.48. The van der Waals surface area contributed by atoms with Gasteiger partial charge in [-0.3, -0.25) is 5.21 Å². The van der Waals surface area contributed by atoms with Crippen molar-refractivity contribution in [1.29, 1.82) is 0 Å². The fourth-order valence-corrected chi connectivity index (χ4v) is 7.17. The topological polar surface area (TPSA) is 23.5 Å². The summed E-state index contributed by atoms with van der Waals surface area (Å²) in [6.45, 7) is 22.8. The van der Waals surface area contributed by atoms with E-state index in [0.717, 1.165) is 5.69 Å². The second-order valence-electron chi connectivity index (χ2n) is 11.3. The summed E-state index contributed by atoms with van der Waals surface area (Å²) in [5.41, 5.74) is 6.81. The number of fused-ring (bicyclic) bond motifs is 1. The van der Waals surface area contributed by atoms with Gasteiger partial charge in [0.05, 0.1) is 5.69 Å². The van der Waals surface area contributed by atoms with Gasteiger partial charge in [-0.15, -0.1) is 0 Å². The van der Waals surface area contributed by atoms with Gasteiger partial charge >= 0.3 is 0 Å². The standard InChI is InChI=1S/C26H40NOP/c1-17(2)20-12-11-13-21(18(3)4)24(20)27(28)29(9,10)19-14-22-23(15-19)26(7,8)16-25(22,5)6/h11-15,17-18,28H,16H2,1-10H3. The van der Waals surface area contributed by atoms with E-state index in [9.17, 15) is 5.21 Å². The number of para-hydroxylation sites is 1. The van der Waals surface area contributed by atoms with Crippen LogP contribution in [0.25, 0.3) is 0 Å². The fourth-order valence-electron chi connectivity index (χ4n) is 5.33. The van der Waals surface area contributed by atoms with Crippen molar-refractivity contribution >= 4 is 18.0 Å². The first-order chi connectivity index (χ1) is 13.2. The minimum absolute atomic E-state index is 0.191. The van der Waals surface area contributed by atoms with Crippen LogP contribution in [0.2, 0.25) is 0 Å². The maximum atomic E-state index is 11.7. The first-order valence-corrected chi connectivity index (χ1v) is 13.6. The lowest BCUT2D eigenvalue weighted by molar-refractivity contribution is 0.324. The number of nitrogens with zero attached hydrogens (tertiary/aromatic N) is 1. The molecule has 0 heterocycles. The number of allylic oxidation sites excluding steroid dienone is 4. The van der Waals surface area contributed by atoms with Gasteiger partial charge in [-0.25, -0.2) is 4.83 Å². The number of hydrogen-bond acceptors (Lipinski definition) is 2. The molecule has 0 spiro atoms. The van der Waals surface area contributed by atoms with E-state index in [4.69, 9.17) is 0 Å². The lowest BCUT2D eigenvalue weighted by Gasteiger charge is -2.35. The summed E-state index contributed by atoms with van der Waals surface area (Å²) in [4.78, 5) is 1.65. The fraction of sp³-hybridized carbons (Fsp3) is 0.577. The van der Waals surface area contributed by atoms with Crippen LogP contribution in [0.3, 0.4) is 0 Å². The first kappa shape index (κ1) is 22.4. The third-order valence-electron chi connectivity index (χ3n) is 6.86. The van der Waals surface area contributed by atoms with E-state index >= 15 is 0 Å². The molecule has 1 aromatic carbocycles. The molecule has 1 saturated carbocycles. The minimum atomic E-state index is -1.95. The molecule has 160 valence electrons. The molecular weight excluding hydrogens is 373 g/mol. The molecule has 2 aliphatic rings. The summed E-state index contributed by atoms with van der Waals surface area (Å²) in [5, 5.41) is 13.0. The van der Waals surface area contributed by atoms with Gasteiger partial charge in [0.1, 0.15) is 0 Å². The summed E-state index contributed by atoms with van der Waals surface area (Å²) in [6.07, 6.45) is 5.97. The second kappa shape index (κ2) is 7.17. The van der Waals surface area contributed by atoms with Crippen molar-refractivity contribution in [2.45, 2.75) is 73.6 Å². The van der Waals surface area contributed by atoms with Gasteiger partial charge in [0, 0.05) is 7.04 Å². The lowest BCUT2D eigenvalue weighted by Crippen LogP contribution is -2.21. The van der Waals surface area contributed by atoms with E-state index in [1.54, 1.807) is 4.83 Å². The molecule has 2 nitrogen and oxygen atoms in total. The van der Waals surface area contributed by atoms with Crippen LogP contribution in [0.15, 0.2) is 41.5 Å². The van der Waals surface area contributed by atoms with Crippen LogP contribution in [0, 0.1) is 10.8 Å². The Labute approximate surface area is 178 Å². The highest BCUT2D eigenvalue weighted by molar-refractivity contribution is 7.76. The molecule has 0 bridgehead atoms. The van der Waals surface area contributed by atoms with Crippen LogP contribution in [-0.4, -0.2) is 23.8 Å². The highest BCUT2D eigenvalue weighted by atomic mass is 31.2. The van der Waals surface area contributed by atoms with Gasteiger partial charge in [-0.1, -0.05) is 73.6 Å². The van der Waals surface area contributed by atoms with Gasteiger partial charge in [0.2, 0.25) is 0 Å². The van der Waals surface area contributed by atoms with Crippen LogP contribution in [0.5, 0.6) is 0 Å². The van der Waals surface area contributed by atoms with E-state index in [0.29, 0.717) is 11.8 Å². The summed E-state index contributed by atoms with van der Waals surface area (Å²) in [5.74, 6) is 0.724. The zero-order valence-electron chi connectivity index (χ0n) is 20.1. The molecule has 0 aromatic heterocycles. The molecule has 0 unspecified atom stereocenters. The Hall–Kier alpha value is -1.24. The Balaban J connectivity index is 2.22. The zero-order valence-corrected chi connectivity index (χ0v) is 21.0. The normalized spacial score (nSPS) is 20.2.